The van der Waals surface area contributed by atoms with E-state index in [1.165, 1.54) is 0 Å². The molecule has 84 valence electrons. The molecule has 1 heterocycles. The average molecular weight is 217 g/mol. The van der Waals surface area contributed by atoms with Crippen molar-refractivity contribution in [2.24, 2.45) is 11.1 Å². The van der Waals surface area contributed by atoms with E-state index in [0.717, 1.165) is 12.2 Å². The SMILES string of the molecule is N#Cc1ccccc1NCC1(CN)COC1. The van der Waals surface area contributed by atoms with Gasteiger partial charge < -0.3 is 15.8 Å². The lowest BCUT2D eigenvalue weighted by atomic mass is 9.86. The van der Waals surface area contributed by atoms with E-state index in [9.17, 15) is 0 Å². The fraction of sp³-hybridized carbons (Fsp3) is 0.417. The van der Waals surface area contributed by atoms with Gasteiger partial charge in [0.2, 0.25) is 0 Å². The zero-order valence-corrected chi connectivity index (χ0v) is 9.07. The molecule has 0 atom stereocenters. The zero-order chi connectivity index (χ0) is 11.4. The van der Waals surface area contributed by atoms with Crippen molar-refractivity contribution < 1.29 is 4.74 Å². The van der Waals surface area contributed by atoms with Crippen molar-refractivity contribution in [2.75, 3.05) is 31.6 Å². The number of rotatable bonds is 4. The molecule has 4 heteroatoms. The van der Waals surface area contributed by atoms with E-state index in [0.29, 0.717) is 25.3 Å². The molecule has 1 saturated heterocycles. The number of ether oxygens (including phenoxy) is 1. The Morgan fingerprint density at radius 1 is 1.44 bits per heavy atom. The third-order valence-corrected chi connectivity index (χ3v) is 2.95. The van der Waals surface area contributed by atoms with Crippen molar-refractivity contribution in [3.8, 4) is 6.07 Å². The summed E-state index contributed by atoms with van der Waals surface area (Å²) < 4.78 is 5.19. The molecule has 1 aromatic rings. The first-order valence-electron chi connectivity index (χ1n) is 5.30. The molecular weight excluding hydrogens is 202 g/mol. The number of para-hydroxylation sites is 1. The van der Waals surface area contributed by atoms with Gasteiger partial charge in [-0.25, -0.2) is 0 Å². The van der Waals surface area contributed by atoms with E-state index in [1.54, 1.807) is 6.07 Å². The van der Waals surface area contributed by atoms with E-state index in [1.807, 2.05) is 18.2 Å². The minimum Gasteiger partial charge on any atom is -0.383 e. The van der Waals surface area contributed by atoms with E-state index in [2.05, 4.69) is 11.4 Å². The lowest BCUT2D eigenvalue weighted by Crippen LogP contribution is -2.52. The number of nitriles is 1. The molecule has 1 aromatic carbocycles. The van der Waals surface area contributed by atoms with Crippen LogP contribution < -0.4 is 11.1 Å². The first kappa shape index (κ1) is 10.9. The summed E-state index contributed by atoms with van der Waals surface area (Å²) in [6.45, 7) is 2.76. The second kappa shape index (κ2) is 4.52. The first-order valence-corrected chi connectivity index (χ1v) is 5.30. The summed E-state index contributed by atoms with van der Waals surface area (Å²) in [5.41, 5.74) is 7.29. The second-order valence-electron chi connectivity index (χ2n) is 4.21. The largest absolute Gasteiger partial charge is 0.383 e. The Morgan fingerprint density at radius 3 is 2.75 bits per heavy atom. The summed E-state index contributed by atoms with van der Waals surface area (Å²) in [6.07, 6.45) is 0. The van der Waals surface area contributed by atoms with E-state index < -0.39 is 0 Å². The van der Waals surface area contributed by atoms with Gasteiger partial charge in [0, 0.05) is 18.5 Å². The van der Waals surface area contributed by atoms with Gasteiger partial charge >= 0.3 is 0 Å². The highest BCUT2D eigenvalue weighted by atomic mass is 16.5. The lowest BCUT2D eigenvalue weighted by molar-refractivity contribution is -0.0979. The van der Waals surface area contributed by atoms with Crippen LogP contribution in [0.25, 0.3) is 0 Å². The predicted octanol–water partition coefficient (Wildman–Crippen LogP) is 0.945. The Morgan fingerprint density at radius 2 is 2.19 bits per heavy atom. The molecule has 0 radical (unpaired) electrons. The van der Waals surface area contributed by atoms with E-state index in [-0.39, 0.29) is 5.41 Å². The molecule has 4 nitrogen and oxygen atoms in total. The minimum atomic E-state index is 0.0442. The molecule has 1 aliphatic heterocycles. The van der Waals surface area contributed by atoms with Crippen LogP contribution in [0.3, 0.4) is 0 Å². The molecule has 0 aromatic heterocycles. The fourth-order valence-electron chi connectivity index (χ4n) is 1.70. The van der Waals surface area contributed by atoms with Crippen molar-refractivity contribution >= 4 is 5.69 Å². The molecule has 0 amide bonds. The molecule has 1 aliphatic rings. The summed E-state index contributed by atoms with van der Waals surface area (Å²) in [5, 5.41) is 12.2. The van der Waals surface area contributed by atoms with E-state index in [4.69, 9.17) is 15.7 Å². The molecule has 3 N–H and O–H groups in total. The number of benzene rings is 1. The summed E-state index contributed by atoms with van der Waals surface area (Å²) in [6, 6.07) is 9.63. The third kappa shape index (κ3) is 2.01. The minimum absolute atomic E-state index is 0.0442. The Bertz CT molecular complexity index is 401. The molecule has 0 spiro atoms. The van der Waals surface area contributed by atoms with Crippen LogP contribution in [-0.2, 0) is 4.74 Å². The smallest absolute Gasteiger partial charge is 0.101 e. The van der Waals surface area contributed by atoms with Gasteiger partial charge in [0.15, 0.2) is 0 Å². The number of anilines is 1. The van der Waals surface area contributed by atoms with Crippen LogP contribution >= 0.6 is 0 Å². The van der Waals surface area contributed by atoms with Crippen LogP contribution in [0.4, 0.5) is 5.69 Å². The van der Waals surface area contributed by atoms with Gasteiger partial charge in [0.25, 0.3) is 0 Å². The number of nitrogens with two attached hydrogens (primary N) is 1. The maximum Gasteiger partial charge on any atom is 0.101 e. The average Bonchev–Trinajstić information content (AvgIpc) is 2.29. The Hall–Kier alpha value is -1.57. The van der Waals surface area contributed by atoms with Crippen LogP contribution in [0.1, 0.15) is 5.56 Å². The van der Waals surface area contributed by atoms with Gasteiger partial charge in [-0.2, -0.15) is 5.26 Å². The second-order valence-corrected chi connectivity index (χ2v) is 4.21. The Kier molecular flexibility index (Phi) is 3.09. The lowest BCUT2D eigenvalue weighted by Gasteiger charge is -2.40. The van der Waals surface area contributed by atoms with Crippen LogP contribution in [0, 0.1) is 16.7 Å². The maximum atomic E-state index is 8.94. The maximum absolute atomic E-state index is 8.94. The van der Waals surface area contributed by atoms with Crippen molar-refractivity contribution in [2.45, 2.75) is 0 Å². The third-order valence-electron chi connectivity index (χ3n) is 2.95. The molecule has 0 unspecified atom stereocenters. The summed E-state index contributed by atoms with van der Waals surface area (Å²) >= 11 is 0. The topological polar surface area (TPSA) is 71.1 Å². The van der Waals surface area contributed by atoms with Gasteiger partial charge in [-0.1, -0.05) is 12.1 Å². The highest BCUT2D eigenvalue weighted by Gasteiger charge is 2.37. The van der Waals surface area contributed by atoms with Gasteiger partial charge in [0.05, 0.1) is 24.5 Å². The molecule has 0 aliphatic carbocycles. The Balaban J connectivity index is 2.02. The number of nitrogens with zero attached hydrogens (tertiary/aromatic N) is 1. The van der Waals surface area contributed by atoms with Gasteiger partial charge in [-0.05, 0) is 12.1 Å². The van der Waals surface area contributed by atoms with Crippen molar-refractivity contribution in [3.05, 3.63) is 29.8 Å². The highest BCUT2D eigenvalue weighted by molar-refractivity contribution is 5.57. The predicted molar refractivity (Wildman–Crippen MR) is 62.0 cm³/mol. The summed E-state index contributed by atoms with van der Waals surface area (Å²) in [5.74, 6) is 0. The van der Waals surface area contributed by atoms with Gasteiger partial charge in [0.1, 0.15) is 6.07 Å². The normalized spacial score (nSPS) is 17.2. The van der Waals surface area contributed by atoms with Crippen molar-refractivity contribution in [1.82, 2.24) is 0 Å². The molecule has 16 heavy (non-hydrogen) atoms. The van der Waals surface area contributed by atoms with Crippen LogP contribution in [0.2, 0.25) is 0 Å². The van der Waals surface area contributed by atoms with Crippen LogP contribution in [0.5, 0.6) is 0 Å². The quantitative estimate of drug-likeness (QED) is 0.787. The van der Waals surface area contributed by atoms with E-state index >= 15 is 0 Å². The Labute approximate surface area is 95.0 Å². The summed E-state index contributed by atoms with van der Waals surface area (Å²) in [4.78, 5) is 0. The monoisotopic (exact) mass is 217 g/mol. The van der Waals surface area contributed by atoms with Crippen molar-refractivity contribution in [1.29, 1.82) is 5.26 Å². The molecule has 2 rings (SSSR count). The molecule has 1 fully saturated rings. The molecular formula is C12H15N3O. The highest BCUT2D eigenvalue weighted by Crippen LogP contribution is 2.27. The summed E-state index contributed by atoms with van der Waals surface area (Å²) in [7, 11) is 0. The van der Waals surface area contributed by atoms with Crippen LogP contribution in [-0.4, -0.2) is 26.3 Å². The van der Waals surface area contributed by atoms with Gasteiger partial charge in [-0.15, -0.1) is 0 Å². The zero-order valence-electron chi connectivity index (χ0n) is 9.07. The first-order chi connectivity index (χ1) is 7.79. The number of hydrogen-bond donors (Lipinski definition) is 2. The van der Waals surface area contributed by atoms with Crippen molar-refractivity contribution in [3.63, 3.8) is 0 Å². The standard InChI is InChI=1S/C12H15N3O/c13-5-10-3-1-2-4-11(10)15-7-12(6-14)8-16-9-12/h1-4,15H,6-9,14H2. The number of nitrogens with one attached hydrogen (secondary N) is 1. The molecule has 0 bridgehead atoms. The number of hydrogen-bond acceptors (Lipinski definition) is 4. The van der Waals surface area contributed by atoms with Crippen LogP contribution in [0.15, 0.2) is 24.3 Å². The molecule has 0 saturated carbocycles. The fourth-order valence-corrected chi connectivity index (χ4v) is 1.70. The van der Waals surface area contributed by atoms with Gasteiger partial charge in [-0.3, -0.25) is 0 Å².